The van der Waals surface area contributed by atoms with E-state index in [9.17, 15) is 0 Å². The Morgan fingerprint density at radius 1 is 1.17 bits per heavy atom. The molecule has 3 N–H and O–H groups in total. The molecule has 6 nitrogen and oxygen atoms in total. The van der Waals surface area contributed by atoms with E-state index < -0.39 is 0 Å². The number of H-pyrrole nitrogens is 1. The third-order valence-corrected chi connectivity index (χ3v) is 4.52. The third-order valence-electron chi connectivity index (χ3n) is 3.19. The smallest absolute Gasteiger partial charge is 0.239 e. The minimum Gasteiger partial charge on any atom is -0.455 e. The van der Waals surface area contributed by atoms with Gasteiger partial charge in [0.2, 0.25) is 5.95 Å². The summed E-state index contributed by atoms with van der Waals surface area (Å²) in [4.78, 5) is 9.29. The largest absolute Gasteiger partial charge is 0.455 e. The predicted octanol–water partition coefficient (Wildman–Crippen LogP) is 4.11. The van der Waals surface area contributed by atoms with Crippen molar-refractivity contribution in [3.05, 3.63) is 47.7 Å². The molecule has 114 valence electrons. The second-order valence-corrected chi connectivity index (χ2v) is 6.28. The maximum atomic E-state index is 5.92. The van der Waals surface area contributed by atoms with Crippen LogP contribution in [-0.4, -0.2) is 20.2 Å². The van der Waals surface area contributed by atoms with Crippen LogP contribution in [0.2, 0.25) is 5.02 Å². The number of rotatable bonds is 3. The minimum atomic E-state index is 0.216. The van der Waals surface area contributed by atoms with Gasteiger partial charge >= 0.3 is 0 Å². The Morgan fingerprint density at radius 3 is 2.74 bits per heavy atom. The number of hydrogen-bond donors (Lipinski definition) is 2. The average molecular weight is 344 g/mol. The standard InChI is InChI=1S/C15H10ClN5OS/c16-8-1-3-9(4-2-8)22-11-6-18-7-13-10(11)5-12(23-13)14-19-15(17)21-20-14/h1-7H,(H3,17,19,20,21). The molecule has 0 aliphatic heterocycles. The van der Waals surface area contributed by atoms with Gasteiger partial charge in [-0.2, -0.15) is 4.98 Å². The molecule has 4 aromatic rings. The highest BCUT2D eigenvalue weighted by Crippen LogP contribution is 2.37. The quantitative estimate of drug-likeness (QED) is 0.584. The number of thiophene rings is 1. The van der Waals surface area contributed by atoms with E-state index in [1.165, 1.54) is 11.3 Å². The zero-order valence-corrected chi connectivity index (χ0v) is 13.2. The summed E-state index contributed by atoms with van der Waals surface area (Å²) in [7, 11) is 0. The van der Waals surface area contributed by atoms with E-state index in [0.717, 1.165) is 15.0 Å². The van der Waals surface area contributed by atoms with E-state index in [2.05, 4.69) is 20.2 Å². The number of aromatic amines is 1. The molecule has 0 bridgehead atoms. The summed E-state index contributed by atoms with van der Waals surface area (Å²) in [6, 6.07) is 9.16. The lowest BCUT2D eigenvalue weighted by Gasteiger charge is -2.06. The molecule has 0 saturated carbocycles. The molecule has 0 fully saturated rings. The van der Waals surface area contributed by atoms with Crippen molar-refractivity contribution in [2.45, 2.75) is 0 Å². The number of ether oxygens (including phenoxy) is 1. The molecule has 0 atom stereocenters. The van der Waals surface area contributed by atoms with Gasteiger partial charge < -0.3 is 10.5 Å². The lowest BCUT2D eigenvalue weighted by atomic mass is 10.3. The number of halogens is 1. The first kappa shape index (κ1) is 14.0. The molecular weight excluding hydrogens is 334 g/mol. The van der Waals surface area contributed by atoms with E-state index in [1.807, 2.05) is 18.2 Å². The van der Waals surface area contributed by atoms with Gasteiger partial charge in [0.1, 0.15) is 5.75 Å². The topological polar surface area (TPSA) is 89.7 Å². The summed E-state index contributed by atoms with van der Waals surface area (Å²) in [5, 5.41) is 8.27. The number of benzene rings is 1. The van der Waals surface area contributed by atoms with Gasteiger partial charge in [0.25, 0.3) is 0 Å². The van der Waals surface area contributed by atoms with Crippen LogP contribution in [-0.2, 0) is 0 Å². The monoisotopic (exact) mass is 343 g/mol. The first-order valence-electron chi connectivity index (χ1n) is 6.68. The summed E-state index contributed by atoms with van der Waals surface area (Å²) < 4.78 is 6.90. The van der Waals surface area contributed by atoms with Gasteiger partial charge in [0.15, 0.2) is 11.6 Å². The normalized spacial score (nSPS) is 11.0. The van der Waals surface area contributed by atoms with Crippen LogP contribution in [0.4, 0.5) is 5.95 Å². The van der Waals surface area contributed by atoms with Crippen LogP contribution in [0.15, 0.2) is 42.7 Å². The van der Waals surface area contributed by atoms with Crippen molar-refractivity contribution in [3.8, 4) is 22.2 Å². The fraction of sp³-hybridized carbons (Fsp3) is 0. The van der Waals surface area contributed by atoms with Crippen LogP contribution < -0.4 is 10.5 Å². The maximum absolute atomic E-state index is 5.92. The fourth-order valence-electron chi connectivity index (χ4n) is 2.15. The number of pyridine rings is 1. The number of aromatic nitrogens is 4. The molecule has 23 heavy (non-hydrogen) atoms. The molecule has 0 amide bonds. The summed E-state index contributed by atoms with van der Waals surface area (Å²) in [6.45, 7) is 0. The molecule has 8 heteroatoms. The van der Waals surface area contributed by atoms with Crippen LogP contribution in [0.1, 0.15) is 0 Å². The van der Waals surface area contributed by atoms with Gasteiger partial charge in [-0.25, -0.2) is 0 Å². The Kier molecular flexibility index (Phi) is 3.36. The molecule has 3 heterocycles. The molecule has 0 aliphatic rings. The van der Waals surface area contributed by atoms with Crippen LogP contribution in [0, 0.1) is 0 Å². The van der Waals surface area contributed by atoms with Crippen LogP contribution >= 0.6 is 22.9 Å². The Morgan fingerprint density at radius 2 is 2.00 bits per heavy atom. The van der Waals surface area contributed by atoms with Gasteiger partial charge in [-0.1, -0.05) is 11.6 Å². The molecule has 0 saturated heterocycles. The van der Waals surface area contributed by atoms with Crippen molar-refractivity contribution in [1.29, 1.82) is 0 Å². The lowest BCUT2D eigenvalue weighted by molar-refractivity contribution is 0.486. The lowest BCUT2D eigenvalue weighted by Crippen LogP contribution is -1.85. The molecule has 0 spiro atoms. The second kappa shape index (κ2) is 5.53. The van der Waals surface area contributed by atoms with Crippen molar-refractivity contribution in [1.82, 2.24) is 20.2 Å². The first-order valence-corrected chi connectivity index (χ1v) is 7.88. The van der Waals surface area contributed by atoms with Crippen molar-refractivity contribution in [2.75, 3.05) is 5.73 Å². The zero-order valence-electron chi connectivity index (χ0n) is 11.7. The number of nitrogens with two attached hydrogens (primary N) is 1. The van der Waals surface area contributed by atoms with Gasteiger partial charge in [-0.05, 0) is 30.3 Å². The molecule has 0 aliphatic carbocycles. The summed E-state index contributed by atoms with van der Waals surface area (Å²) in [5.74, 6) is 2.20. The SMILES string of the molecule is Nc1n[nH]c(-c2cc3c(Oc4ccc(Cl)cc4)cncc3s2)n1. The van der Waals surface area contributed by atoms with Crippen molar-refractivity contribution in [3.63, 3.8) is 0 Å². The van der Waals surface area contributed by atoms with E-state index in [1.54, 1.807) is 24.5 Å². The van der Waals surface area contributed by atoms with Crippen molar-refractivity contribution < 1.29 is 4.74 Å². The van der Waals surface area contributed by atoms with E-state index in [0.29, 0.717) is 22.3 Å². The minimum absolute atomic E-state index is 0.216. The van der Waals surface area contributed by atoms with Crippen LogP contribution in [0.25, 0.3) is 20.8 Å². The highest BCUT2D eigenvalue weighted by atomic mass is 35.5. The average Bonchev–Trinajstić information content (AvgIpc) is 3.16. The number of nitrogen functional groups attached to an aromatic ring is 1. The number of anilines is 1. The van der Waals surface area contributed by atoms with Crippen molar-refractivity contribution >= 4 is 39.0 Å². The van der Waals surface area contributed by atoms with E-state index >= 15 is 0 Å². The van der Waals surface area contributed by atoms with Gasteiger partial charge in [0.05, 0.1) is 15.8 Å². The molecule has 3 aromatic heterocycles. The molecule has 1 aromatic carbocycles. The maximum Gasteiger partial charge on any atom is 0.239 e. The molecule has 0 unspecified atom stereocenters. The van der Waals surface area contributed by atoms with Gasteiger partial charge in [0, 0.05) is 16.6 Å². The predicted molar refractivity (Wildman–Crippen MR) is 90.9 cm³/mol. The Bertz CT molecular complexity index is 979. The van der Waals surface area contributed by atoms with Crippen LogP contribution in [0.3, 0.4) is 0 Å². The Balaban J connectivity index is 1.75. The number of nitrogens with zero attached hydrogens (tertiary/aromatic N) is 3. The Hall–Kier alpha value is -2.64. The Labute approximate surface area is 139 Å². The highest BCUT2D eigenvalue weighted by molar-refractivity contribution is 7.22. The second-order valence-electron chi connectivity index (χ2n) is 4.76. The van der Waals surface area contributed by atoms with Gasteiger partial charge in [-0.15, -0.1) is 16.4 Å². The van der Waals surface area contributed by atoms with E-state index in [-0.39, 0.29) is 5.95 Å². The zero-order chi connectivity index (χ0) is 15.8. The highest BCUT2D eigenvalue weighted by Gasteiger charge is 2.12. The molecule has 0 radical (unpaired) electrons. The number of hydrogen-bond acceptors (Lipinski definition) is 6. The summed E-state index contributed by atoms with van der Waals surface area (Å²) in [6.07, 6.45) is 3.47. The molecule has 4 rings (SSSR count). The van der Waals surface area contributed by atoms with E-state index in [4.69, 9.17) is 22.1 Å². The first-order chi connectivity index (χ1) is 11.2. The summed E-state index contributed by atoms with van der Waals surface area (Å²) >= 11 is 7.43. The number of fused-ring (bicyclic) bond motifs is 1. The number of nitrogens with one attached hydrogen (secondary N) is 1. The summed E-state index contributed by atoms with van der Waals surface area (Å²) in [5.41, 5.74) is 5.56. The third kappa shape index (κ3) is 2.71. The molecular formula is C15H10ClN5OS. The fourth-order valence-corrected chi connectivity index (χ4v) is 3.26. The van der Waals surface area contributed by atoms with Gasteiger partial charge in [-0.3, -0.25) is 10.1 Å². The van der Waals surface area contributed by atoms with Crippen LogP contribution in [0.5, 0.6) is 11.5 Å². The van der Waals surface area contributed by atoms with Crippen molar-refractivity contribution in [2.24, 2.45) is 0 Å².